The third-order valence-corrected chi connectivity index (χ3v) is 3.80. The fourth-order valence-electron chi connectivity index (χ4n) is 2.01. The maximum Gasteiger partial charge on any atom is 0.404 e. The molecule has 0 aliphatic heterocycles. The van der Waals surface area contributed by atoms with Gasteiger partial charge >= 0.3 is 12.1 Å². The zero-order valence-corrected chi connectivity index (χ0v) is 17.4. The summed E-state index contributed by atoms with van der Waals surface area (Å²) in [6.45, 7) is 4.26. The fourth-order valence-corrected chi connectivity index (χ4v) is 2.01. The molecule has 30 heavy (non-hydrogen) atoms. The molecule has 1 aromatic carbocycles. The van der Waals surface area contributed by atoms with Gasteiger partial charge in [-0.2, -0.15) is 0 Å². The third-order valence-electron chi connectivity index (χ3n) is 3.80. The predicted octanol–water partition coefficient (Wildman–Crippen LogP) is 0.514. The van der Waals surface area contributed by atoms with Crippen LogP contribution in [0.15, 0.2) is 24.3 Å². The van der Waals surface area contributed by atoms with Gasteiger partial charge in [0, 0.05) is 18.7 Å². The number of urea groups is 1. The van der Waals surface area contributed by atoms with Crippen LogP contribution < -0.4 is 33.6 Å². The van der Waals surface area contributed by atoms with Crippen molar-refractivity contribution in [1.82, 2.24) is 5.32 Å². The quantitative estimate of drug-likeness (QED) is 0.295. The Morgan fingerprint density at radius 3 is 2.03 bits per heavy atom. The smallest absolute Gasteiger partial charge is 0.404 e. The van der Waals surface area contributed by atoms with Crippen LogP contribution in [0.1, 0.15) is 38.7 Å². The number of nitrogens with two attached hydrogens (primary N) is 4. The maximum atomic E-state index is 11.7. The lowest BCUT2D eigenvalue weighted by Crippen LogP contribution is -2.40. The molecule has 0 fully saturated rings. The lowest BCUT2D eigenvalue weighted by Gasteiger charge is -2.09. The first-order chi connectivity index (χ1) is 14.0. The van der Waals surface area contributed by atoms with Gasteiger partial charge in [-0.15, -0.1) is 0 Å². The third kappa shape index (κ3) is 13.8. The lowest BCUT2D eigenvalue weighted by atomic mass is 10.1. The molecule has 11 nitrogen and oxygen atoms in total. The van der Waals surface area contributed by atoms with E-state index >= 15 is 0 Å². The summed E-state index contributed by atoms with van der Waals surface area (Å²) in [4.78, 5) is 42.9. The molecule has 0 heterocycles. The second kappa shape index (κ2) is 14.6. The van der Waals surface area contributed by atoms with Crippen molar-refractivity contribution in [3.8, 4) is 0 Å². The van der Waals surface area contributed by atoms with Crippen molar-refractivity contribution in [2.45, 2.75) is 45.8 Å². The molecule has 0 aliphatic rings. The van der Waals surface area contributed by atoms with Crippen LogP contribution in [0.3, 0.4) is 0 Å². The highest BCUT2D eigenvalue weighted by atomic mass is 16.5. The first kappa shape index (κ1) is 26.7. The summed E-state index contributed by atoms with van der Waals surface area (Å²) in [5, 5.41) is 5.21. The molecule has 1 unspecified atom stereocenters. The molecule has 0 aromatic heterocycles. The molecule has 0 bridgehead atoms. The number of rotatable bonds is 10. The van der Waals surface area contributed by atoms with E-state index in [1.54, 1.807) is 24.3 Å². The van der Waals surface area contributed by atoms with Crippen LogP contribution in [0.5, 0.6) is 0 Å². The van der Waals surface area contributed by atoms with Crippen molar-refractivity contribution in [3.63, 3.8) is 0 Å². The zero-order valence-electron chi connectivity index (χ0n) is 17.4. The first-order valence-electron chi connectivity index (χ1n) is 9.42. The van der Waals surface area contributed by atoms with Crippen molar-refractivity contribution in [2.75, 3.05) is 11.9 Å². The van der Waals surface area contributed by atoms with Gasteiger partial charge < -0.3 is 38.3 Å². The fraction of sp³-hybridized carbons (Fsp3) is 0.474. The highest BCUT2D eigenvalue weighted by molar-refractivity contribution is 5.90. The minimum Gasteiger partial charge on any atom is -0.445 e. The van der Waals surface area contributed by atoms with Crippen LogP contribution >= 0.6 is 0 Å². The largest absolute Gasteiger partial charge is 0.445 e. The zero-order chi connectivity index (χ0) is 23.1. The Morgan fingerprint density at radius 1 is 1.00 bits per heavy atom. The molecular formula is C19H32N6O5. The van der Waals surface area contributed by atoms with Gasteiger partial charge in [0.25, 0.3) is 0 Å². The van der Waals surface area contributed by atoms with Gasteiger partial charge in [-0.25, -0.2) is 9.59 Å². The number of anilines is 1. The summed E-state index contributed by atoms with van der Waals surface area (Å²) in [6, 6.07) is 5.84. The summed E-state index contributed by atoms with van der Waals surface area (Å²) in [5.74, 6) is -0.396. The number of amides is 5. The number of carbonyl (C=O) groups is 4. The van der Waals surface area contributed by atoms with Crippen molar-refractivity contribution >= 4 is 29.6 Å². The van der Waals surface area contributed by atoms with Crippen molar-refractivity contribution in [2.24, 2.45) is 28.9 Å². The minimum atomic E-state index is -0.830. The molecule has 0 saturated carbocycles. The lowest BCUT2D eigenvalue weighted by molar-refractivity contribution is -0.120. The van der Waals surface area contributed by atoms with Gasteiger partial charge in [-0.3, -0.25) is 9.59 Å². The summed E-state index contributed by atoms with van der Waals surface area (Å²) in [7, 11) is 0. The number of carbonyl (C=O) groups excluding carboxylic acids is 4. The molecule has 11 heteroatoms. The van der Waals surface area contributed by atoms with E-state index in [2.05, 4.69) is 15.4 Å². The van der Waals surface area contributed by atoms with Crippen LogP contribution in [0.25, 0.3) is 0 Å². The average Bonchev–Trinajstić information content (AvgIpc) is 2.66. The van der Waals surface area contributed by atoms with Gasteiger partial charge in [0.1, 0.15) is 6.61 Å². The van der Waals surface area contributed by atoms with Gasteiger partial charge in [0.2, 0.25) is 11.8 Å². The molecule has 0 saturated heterocycles. The number of nitrogens with one attached hydrogen (secondary N) is 2. The van der Waals surface area contributed by atoms with E-state index in [0.717, 1.165) is 5.56 Å². The monoisotopic (exact) mass is 424 g/mol. The van der Waals surface area contributed by atoms with Crippen LogP contribution in [-0.4, -0.2) is 36.5 Å². The van der Waals surface area contributed by atoms with Crippen molar-refractivity contribution in [1.29, 1.82) is 0 Å². The molecule has 1 rings (SSSR count). The van der Waals surface area contributed by atoms with E-state index in [1.165, 1.54) is 0 Å². The molecule has 168 valence electrons. The minimum absolute atomic E-state index is 0.0937. The van der Waals surface area contributed by atoms with Crippen molar-refractivity contribution in [3.05, 3.63) is 29.8 Å². The maximum absolute atomic E-state index is 11.7. The summed E-state index contributed by atoms with van der Waals surface area (Å²) in [6.07, 6.45) is 0.854. The Hall–Kier alpha value is -3.34. The van der Waals surface area contributed by atoms with Gasteiger partial charge in [-0.05, 0) is 36.5 Å². The number of benzene rings is 1. The summed E-state index contributed by atoms with van der Waals surface area (Å²) < 4.78 is 4.65. The van der Waals surface area contributed by atoms with Crippen LogP contribution in [-0.2, 0) is 20.9 Å². The number of primary amides is 3. The molecule has 10 N–H and O–H groups in total. The van der Waals surface area contributed by atoms with E-state index < -0.39 is 24.1 Å². The van der Waals surface area contributed by atoms with Crippen molar-refractivity contribution < 1.29 is 23.9 Å². The topological polar surface area (TPSA) is 206 Å². The van der Waals surface area contributed by atoms with E-state index in [4.69, 9.17) is 22.9 Å². The van der Waals surface area contributed by atoms with E-state index in [1.807, 2.05) is 13.8 Å². The van der Waals surface area contributed by atoms with Gasteiger partial charge in [0.05, 0.1) is 6.04 Å². The Balaban J connectivity index is 0.000000890. The second-order valence-corrected chi connectivity index (χ2v) is 6.77. The highest BCUT2D eigenvalue weighted by Gasteiger charge is 2.12. The Bertz CT molecular complexity index is 693. The second-order valence-electron chi connectivity index (χ2n) is 6.77. The van der Waals surface area contributed by atoms with Crippen LogP contribution in [0.2, 0.25) is 0 Å². The highest BCUT2D eigenvalue weighted by Crippen LogP contribution is 2.11. The summed E-state index contributed by atoms with van der Waals surface area (Å²) >= 11 is 0. The average molecular weight is 425 g/mol. The van der Waals surface area contributed by atoms with Gasteiger partial charge in [-0.1, -0.05) is 26.0 Å². The Morgan fingerprint density at radius 2 is 1.60 bits per heavy atom. The van der Waals surface area contributed by atoms with Crippen LogP contribution in [0, 0.1) is 5.92 Å². The van der Waals surface area contributed by atoms with E-state index in [0.29, 0.717) is 31.5 Å². The van der Waals surface area contributed by atoms with Crippen LogP contribution in [0.4, 0.5) is 15.3 Å². The Kier molecular flexibility index (Phi) is 13.0. The molecule has 1 aromatic rings. The first-order valence-corrected chi connectivity index (χ1v) is 9.42. The summed E-state index contributed by atoms with van der Waals surface area (Å²) in [5.41, 5.74) is 21.4. The number of unbranched alkanes of at least 4 members (excludes halogenated alkanes) is 1. The SMILES string of the molecule is CC(C)C(N)C(N)=O.NC(=O)NCCCCC(=O)Nc1ccc(COC(N)=O)cc1. The molecule has 0 spiro atoms. The normalized spacial score (nSPS) is 10.9. The standard InChI is InChI=1S/C14H20N4O4.C5H12N2O/c15-13(20)17-8-2-1-3-12(19)18-11-6-4-10(5-7-11)9-22-14(16)21;1-3(2)4(6)5(7)8/h4-7H,1-3,8-9H2,(H2,16,21)(H,18,19)(H3,15,17,20);3-4H,6H2,1-2H3,(H2,7,8). The predicted molar refractivity (Wildman–Crippen MR) is 113 cm³/mol. The van der Waals surface area contributed by atoms with E-state index in [-0.39, 0.29) is 18.4 Å². The molecular weight excluding hydrogens is 392 g/mol. The number of hydrogen-bond donors (Lipinski definition) is 6. The number of ether oxygens (including phenoxy) is 1. The van der Waals surface area contributed by atoms with Gasteiger partial charge in [0.15, 0.2) is 0 Å². The van der Waals surface area contributed by atoms with E-state index in [9.17, 15) is 19.2 Å². The molecule has 5 amide bonds. The molecule has 0 aliphatic carbocycles. The Labute approximate surface area is 175 Å². The molecule has 1 atom stereocenters. The number of hydrogen-bond acceptors (Lipinski definition) is 6. The molecule has 0 radical (unpaired) electrons.